The van der Waals surface area contributed by atoms with Gasteiger partial charge >= 0.3 is 0 Å². The summed E-state index contributed by atoms with van der Waals surface area (Å²) in [5.41, 5.74) is 2.23. The largest absolute Gasteiger partial charge is 0.484 e. The Morgan fingerprint density at radius 3 is 2.79 bits per heavy atom. The molecule has 150 valence electrons. The van der Waals surface area contributed by atoms with Gasteiger partial charge in [0.15, 0.2) is 12.5 Å². The van der Waals surface area contributed by atoms with Crippen molar-refractivity contribution in [3.63, 3.8) is 0 Å². The van der Waals surface area contributed by atoms with Crippen molar-refractivity contribution in [2.24, 2.45) is 0 Å². The summed E-state index contributed by atoms with van der Waals surface area (Å²) in [6.45, 7) is 3.42. The predicted molar refractivity (Wildman–Crippen MR) is 111 cm³/mol. The molecule has 1 amide bonds. The number of ether oxygens (including phenoxy) is 1. The van der Waals surface area contributed by atoms with Gasteiger partial charge in [-0.1, -0.05) is 48.5 Å². The number of benzene rings is 2. The Bertz CT molecular complexity index is 952. The highest BCUT2D eigenvalue weighted by Gasteiger charge is 2.28. The van der Waals surface area contributed by atoms with Crippen molar-refractivity contribution in [2.75, 3.05) is 19.7 Å². The van der Waals surface area contributed by atoms with E-state index in [0.717, 1.165) is 48.8 Å². The molecule has 5 heteroatoms. The Kier molecular flexibility index (Phi) is 5.94. The first-order valence-corrected chi connectivity index (χ1v) is 10.1. The molecule has 0 unspecified atom stereocenters. The highest BCUT2D eigenvalue weighted by molar-refractivity contribution is 5.78. The molecule has 1 aromatic heterocycles. The van der Waals surface area contributed by atoms with Gasteiger partial charge in [-0.15, -0.1) is 0 Å². The minimum Gasteiger partial charge on any atom is -0.484 e. The number of carbonyl (C=O) groups excluding carboxylic acids is 1. The minimum atomic E-state index is 0.00835. The van der Waals surface area contributed by atoms with E-state index < -0.39 is 0 Å². The number of hydrogen-bond acceptors (Lipinski definition) is 4. The summed E-state index contributed by atoms with van der Waals surface area (Å²) in [6.07, 6.45) is 4.46. The van der Waals surface area contributed by atoms with Crippen LogP contribution in [-0.2, 0) is 11.2 Å². The molecule has 1 atom stereocenters. The number of aryl methyl sites for hydroxylation is 1. The standard InChI is InChI=1S/C24H26N2O3/c1-18-8-5-6-12-22(18)28-17-23(27)26-13-7-11-20(16-26)24-25-15-21(29-24)14-19-9-3-2-4-10-19/h2-6,8-10,12,15,20H,7,11,13-14,16-17H2,1H3/t20-/m1/s1. The van der Waals surface area contributed by atoms with Gasteiger partial charge in [0.2, 0.25) is 0 Å². The zero-order valence-electron chi connectivity index (χ0n) is 16.7. The van der Waals surface area contributed by atoms with Crippen molar-refractivity contribution >= 4 is 5.91 Å². The summed E-state index contributed by atoms with van der Waals surface area (Å²) in [5.74, 6) is 2.49. The zero-order valence-corrected chi connectivity index (χ0v) is 16.7. The monoisotopic (exact) mass is 390 g/mol. The zero-order chi connectivity index (χ0) is 20.1. The molecular formula is C24H26N2O3. The summed E-state index contributed by atoms with van der Waals surface area (Å²) in [6, 6.07) is 18.0. The fourth-order valence-electron chi connectivity index (χ4n) is 3.74. The average Bonchev–Trinajstić information content (AvgIpc) is 3.22. The highest BCUT2D eigenvalue weighted by Crippen LogP contribution is 2.27. The van der Waals surface area contributed by atoms with Crippen LogP contribution in [0.5, 0.6) is 5.75 Å². The van der Waals surface area contributed by atoms with Crippen molar-refractivity contribution in [3.05, 3.63) is 83.6 Å². The molecule has 1 aliphatic heterocycles. The van der Waals surface area contributed by atoms with Gasteiger partial charge in [-0.3, -0.25) is 4.79 Å². The number of piperidine rings is 1. The summed E-state index contributed by atoms with van der Waals surface area (Å²) >= 11 is 0. The van der Waals surface area contributed by atoms with Crippen molar-refractivity contribution in [1.29, 1.82) is 0 Å². The van der Waals surface area contributed by atoms with E-state index in [1.807, 2.05) is 60.5 Å². The lowest BCUT2D eigenvalue weighted by atomic mass is 9.98. The van der Waals surface area contributed by atoms with Crippen molar-refractivity contribution in [2.45, 2.75) is 32.1 Å². The molecule has 3 aromatic rings. The Morgan fingerprint density at radius 1 is 1.17 bits per heavy atom. The van der Waals surface area contributed by atoms with Crippen molar-refractivity contribution < 1.29 is 13.9 Å². The number of hydrogen-bond donors (Lipinski definition) is 0. The smallest absolute Gasteiger partial charge is 0.260 e. The third kappa shape index (κ3) is 4.86. The van der Waals surface area contributed by atoms with Gasteiger partial charge in [0.1, 0.15) is 11.5 Å². The Morgan fingerprint density at radius 2 is 1.97 bits per heavy atom. The lowest BCUT2D eigenvalue weighted by Crippen LogP contribution is -2.41. The molecule has 2 aromatic carbocycles. The molecule has 0 saturated carbocycles. The molecule has 4 rings (SSSR count). The van der Waals surface area contributed by atoms with Gasteiger partial charge < -0.3 is 14.1 Å². The number of aromatic nitrogens is 1. The third-order valence-corrected chi connectivity index (χ3v) is 5.36. The van der Waals surface area contributed by atoms with Crippen molar-refractivity contribution in [1.82, 2.24) is 9.88 Å². The predicted octanol–water partition coefficient (Wildman–Crippen LogP) is 4.36. The van der Waals surface area contributed by atoms with Crippen LogP contribution >= 0.6 is 0 Å². The maximum Gasteiger partial charge on any atom is 0.260 e. The molecule has 2 heterocycles. The quantitative estimate of drug-likeness (QED) is 0.628. The second-order valence-electron chi connectivity index (χ2n) is 7.56. The van der Waals surface area contributed by atoms with E-state index in [4.69, 9.17) is 9.15 Å². The van der Waals surface area contributed by atoms with E-state index in [1.165, 1.54) is 5.56 Å². The van der Waals surface area contributed by atoms with Gasteiger partial charge in [0, 0.05) is 19.5 Å². The van der Waals surface area contributed by atoms with E-state index in [0.29, 0.717) is 6.54 Å². The minimum absolute atomic E-state index is 0.00835. The van der Waals surface area contributed by atoms with E-state index >= 15 is 0 Å². The van der Waals surface area contributed by atoms with Gasteiger partial charge in [-0.2, -0.15) is 0 Å². The molecule has 29 heavy (non-hydrogen) atoms. The van der Waals surface area contributed by atoms with E-state index in [2.05, 4.69) is 17.1 Å². The van der Waals surface area contributed by atoms with Crippen molar-refractivity contribution in [3.8, 4) is 5.75 Å². The summed E-state index contributed by atoms with van der Waals surface area (Å²) in [4.78, 5) is 19.0. The van der Waals surface area contributed by atoms with Crippen LogP contribution in [0, 0.1) is 6.92 Å². The van der Waals surface area contributed by atoms with Gasteiger partial charge in [0.25, 0.3) is 5.91 Å². The normalized spacial score (nSPS) is 16.6. The Labute approximate surface area is 171 Å². The fraction of sp³-hybridized carbons (Fsp3) is 0.333. The van der Waals surface area contributed by atoms with E-state index in [1.54, 1.807) is 0 Å². The van der Waals surface area contributed by atoms with Crippen LogP contribution in [-0.4, -0.2) is 35.5 Å². The SMILES string of the molecule is Cc1ccccc1OCC(=O)N1CCC[C@@H](c2ncc(Cc3ccccc3)o2)C1. The molecule has 0 N–H and O–H groups in total. The van der Waals surface area contributed by atoms with Crippen LogP contribution in [0.25, 0.3) is 0 Å². The van der Waals surface area contributed by atoms with Gasteiger partial charge in [0.05, 0.1) is 12.1 Å². The van der Waals surface area contributed by atoms with E-state index in [-0.39, 0.29) is 18.4 Å². The summed E-state index contributed by atoms with van der Waals surface area (Å²) in [7, 11) is 0. The first-order valence-electron chi connectivity index (χ1n) is 10.1. The lowest BCUT2D eigenvalue weighted by Gasteiger charge is -2.31. The maximum atomic E-state index is 12.7. The Balaban J connectivity index is 1.34. The molecule has 1 saturated heterocycles. The fourth-order valence-corrected chi connectivity index (χ4v) is 3.74. The van der Waals surface area contributed by atoms with E-state index in [9.17, 15) is 4.79 Å². The number of likely N-dealkylation sites (tertiary alicyclic amines) is 1. The summed E-state index contributed by atoms with van der Waals surface area (Å²) < 4.78 is 11.8. The van der Waals surface area contributed by atoms with Crippen LogP contribution in [0.15, 0.2) is 65.2 Å². The van der Waals surface area contributed by atoms with Crippen LogP contribution in [0.2, 0.25) is 0 Å². The average molecular weight is 390 g/mol. The van der Waals surface area contributed by atoms with Crippen LogP contribution < -0.4 is 4.74 Å². The molecule has 0 spiro atoms. The molecule has 5 nitrogen and oxygen atoms in total. The van der Waals surface area contributed by atoms with Gasteiger partial charge in [-0.05, 0) is 37.0 Å². The number of carbonyl (C=O) groups is 1. The first kappa shape index (κ1) is 19.2. The number of para-hydroxylation sites is 1. The van der Waals surface area contributed by atoms with Gasteiger partial charge in [-0.25, -0.2) is 4.98 Å². The lowest BCUT2D eigenvalue weighted by molar-refractivity contribution is -0.134. The highest BCUT2D eigenvalue weighted by atomic mass is 16.5. The molecule has 1 aliphatic rings. The molecule has 0 bridgehead atoms. The number of nitrogens with zero attached hydrogens (tertiary/aromatic N) is 2. The van der Waals surface area contributed by atoms with Crippen LogP contribution in [0.3, 0.4) is 0 Å². The molecular weight excluding hydrogens is 364 g/mol. The molecule has 0 radical (unpaired) electrons. The topological polar surface area (TPSA) is 55.6 Å². The first-order chi connectivity index (χ1) is 14.2. The van der Waals surface area contributed by atoms with Crippen LogP contribution in [0.4, 0.5) is 0 Å². The third-order valence-electron chi connectivity index (χ3n) is 5.36. The second-order valence-corrected chi connectivity index (χ2v) is 7.56. The molecule has 0 aliphatic carbocycles. The van der Waals surface area contributed by atoms with Crippen LogP contribution in [0.1, 0.15) is 41.5 Å². The maximum absolute atomic E-state index is 12.7. The molecule has 1 fully saturated rings. The number of oxazole rings is 1. The summed E-state index contributed by atoms with van der Waals surface area (Å²) in [5, 5.41) is 0. The second kappa shape index (κ2) is 8.95. The number of rotatable bonds is 6. The Hall–Kier alpha value is -3.08. The number of amides is 1.